The molecule has 2 rings (SSSR count). The lowest BCUT2D eigenvalue weighted by molar-refractivity contribution is 0.132. The Morgan fingerprint density at radius 1 is 1.21 bits per heavy atom. The number of hydrogen-bond donors (Lipinski definition) is 1. The summed E-state index contributed by atoms with van der Waals surface area (Å²) in [5.74, 6) is 0.846. The maximum absolute atomic E-state index is 9.32. The van der Waals surface area contributed by atoms with Crippen LogP contribution in [0.3, 0.4) is 0 Å². The van der Waals surface area contributed by atoms with Crippen molar-refractivity contribution in [2.45, 2.75) is 13.5 Å². The number of rotatable bonds is 5. The zero-order chi connectivity index (χ0) is 13.7. The summed E-state index contributed by atoms with van der Waals surface area (Å²) in [4.78, 5) is 4.78. The number of ether oxygens (including phenoxy) is 1. The summed E-state index contributed by atoms with van der Waals surface area (Å²) in [6.45, 7) is 8.17. The molecule has 4 heteroatoms. The first-order valence-electron chi connectivity index (χ1n) is 6.93. The fourth-order valence-electron chi connectivity index (χ4n) is 2.39. The Labute approximate surface area is 115 Å². The third kappa shape index (κ3) is 3.93. The predicted octanol–water partition coefficient (Wildman–Crippen LogP) is 1.11. The molecule has 4 nitrogen and oxygen atoms in total. The van der Waals surface area contributed by atoms with E-state index in [1.54, 1.807) is 0 Å². The topological polar surface area (TPSA) is 35.9 Å². The van der Waals surface area contributed by atoms with Crippen molar-refractivity contribution in [3.8, 4) is 5.75 Å². The van der Waals surface area contributed by atoms with E-state index in [0.717, 1.165) is 49.6 Å². The van der Waals surface area contributed by atoms with E-state index >= 15 is 0 Å². The molecular formula is C15H24N2O2. The summed E-state index contributed by atoms with van der Waals surface area (Å²) >= 11 is 0. The molecule has 19 heavy (non-hydrogen) atoms. The average molecular weight is 264 g/mol. The van der Waals surface area contributed by atoms with E-state index in [9.17, 15) is 5.11 Å². The van der Waals surface area contributed by atoms with Crippen LogP contribution >= 0.6 is 0 Å². The molecule has 1 aromatic carbocycles. The number of nitrogens with zero attached hydrogens (tertiary/aromatic N) is 2. The van der Waals surface area contributed by atoms with Crippen molar-refractivity contribution in [2.24, 2.45) is 0 Å². The maximum Gasteiger partial charge on any atom is 0.127 e. The van der Waals surface area contributed by atoms with Crippen LogP contribution in [-0.2, 0) is 6.61 Å². The Bertz CT molecular complexity index is 401. The Balaban J connectivity index is 1.82. The number of hydrogen-bond acceptors (Lipinski definition) is 4. The molecule has 0 aromatic heterocycles. The second-order valence-corrected chi connectivity index (χ2v) is 5.21. The number of likely N-dealkylation sites (N-methyl/N-ethyl adjacent to an activating group) is 1. The van der Waals surface area contributed by atoms with Gasteiger partial charge >= 0.3 is 0 Å². The molecule has 106 valence electrons. The lowest BCUT2D eigenvalue weighted by Crippen LogP contribution is -2.45. The minimum absolute atomic E-state index is 0.0333. The van der Waals surface area contributed by atoms with Gasteiger partial charge in [0.1, 0.15) is 12.4 Å². The van der Waals surface area contributed by atoms with Gasteiger partial charge in [-0.3, -0.25) is 4.90 Å². The van der Waals surface area contributed by atoms with Crippen LogP contribution in [0.1, 0.15) is 11.1 Å². The Hall–Kier alpha value is -1.10. The molecule has 0 radical (unpaired) electrons. The number of aliphatic hydroxyl groups is 1. The molecule has 1 heterocycles. The van der Waals surface area contributed by atoms with Gasteiger partial charge in [0.15, 0.2) is 0 Å². The fraction of sp³-hybridized carbons (Fsp3) is 0.600. The van der Waals surface area contributed by atoms with Gasteiger partial charge in [-0.15, -0.1) is 0 Å². The van der Waals surface area contributed by atoms with Gasteiger partial charge in [0.05, 0.1) is 6.61 Å². The zero-order valence-corrected chi connectivity index (χ0v) is 11.9. The van der Waals surface area contributed by atoms with Gasteiger partial charge in [0.25, 0.3) is 0 Å². The summed E-state index contributed by atoms with van der Waals surface area (Å²) in [5.41, 5.74) is 1.96. The minimum atomic E-state index is 0.0333. The third-order valence-electron chi connectivity index (χ3n) is 3.71. The number of aliphatic hydroxyl groups excluding tert-OH is 1. The number of aryl methyl sites for hydroxylation is 1. The standard InChI is InChI=1S/C15H24N2O2/c1-13-4-3-5-14(12-18)15(13)19-11-10-17-8-6-16(2)7-9-17/h3-5,18H,6-12H2,1-2H3. The maximum atomic E-state index is 9.32. The molecule has 0 amide bonds. The van der Waals surface area contributed by atoms with Crippen LogP contribution < -0.4 is 4.74 Å². The van der Waals surface area contributed by atoms with Crippen molar-refractivity contribution in [1.82, 2.24) is 9.80 Å². The lowest BCUT2D eigenvalue weighted by atomic mass is 10.1. The van der Waals surface area contributed by atoms with E-state index in [1.165, 1.54) is 0 Å². The minimum Gasteiger partial charge on any atom is -0.492 e. The first-order valence-corrected chi connectivity index (χ1v) is 6.93. The highest BCUT2D eigenvalue weighted by Gasteiger charge is 2.13. The number of benzene rings is 1. The molecule has 0 unspecified atom stereocenters. The molecule has 0 atom stereocenters. The Morgan fingerprint density at radius 2 is 1.95 bits per heavy atom. The van der Waals surface area contributed by atoms with Gasteiger partial charge in [0, 0.05) is 38.3 Å². The lowest BCUT2D eigenvalue weighted by Gasteiger charge is -2.32. The van der Waals surface area contributed by atoms with Gasteiger partial charge in [-0.05, 0) is 19.5 Å². The molecular weight excluding hydrogens is 240 g/mol. The smallest absolute Gasteiger partial charge is 0.127 e. The van der Waals surface area contributed by atoms with Crippen LogP contribution in [-0.4, -0.2) is 61.3 Å². The van der Waals surface area contributed by atoms with E-state index < -0.39 is 0 Å². The van der Waals surface area contributed by atoms with Crippen molar-refractivity contribution in [1.29, 1.82) is 0 Å². The van der Waals surface area contributed by atoms with E-state index in [-0.39, 0.29) is 6.61 Å². The molecule has 1 aliphatic rings. The highest BCUT2D eigenvalue weighted by Crippen LogP contribution is 2.23. The van der Waals surface area contributed by atoms with Crippen molar-refractivity contribution in [3.05, 3.63) is 29.3 Å². The third-order valence-corrected chi connectivity index (χ3v) is 3.71. The van der Waals surface area contributed by atoms with Crippen LogP contribution in [0.2, 0.25) is 0 Å². The van der Waals surface area contributed by atoms with Gasteiger partial charge in [-0.25, -0.2) is 0 Å². The second-order valence-electron chi connectivity index (χ2n) is 5.21. The Morgan fingerprint density at radius 3 is 2.63 bits per heavy atom. The van der Waals surface area contributed by atoms with E-state index in [0.29, 0.717) is 6.61 Å². The molecule has 1 saturated heterocycles. The van der Waals surface area contributed by atoms with Gasteiger partial charge in [-0.1, -0.05) is 18.2 Å². The largest absolute Gasteiger partial charge is 0.492 e. The average Bonchev–Trinajstić information content (AvgIpc) is 2.42. The normalized spacial score (nSPS) is 17.6. The number of piperazine rings is 1. The zero-order valence-electron chi connectivity index (χ0n) is 11.9. The summed E-state index contributed by atoms with van der Waals surface area (Å²) in [6, 6.07) is 5.89. The van der Waals surface area contributed by atoms with E-state index in [1.807, 2.05) is 25.1 Å². The molecule has 0 saturated carbocycles. The quantitative estimate of drug-likeness (QED) is 0.864. The number of para-hydroxylation sites is 1. The van der Waals surface area contributed by atoms with Crippen molar-refractivity contribution in [3.63, 3.8) is 0 Å². The van der Waals surface area contributed by atoms with Crippen molar-refractivity contribution >= 4 is 0 Å². The summed E-state index contributed by atoms with van der Waals surface area (Å²) in [7, 11) is 2.16. The van der Waals surface area contributed by atoms with E-state index in [4.69, 9.17) is 4.74 Å². The molecule has 1 N–H and O–H groups in total. The fourth-order valence-corrected chi connectivity index (χ4v) is 2.39. The van der Waals surface area contributed by atoms with E-state index in [2.05, 4.69) is 16.8 Å². The van der Waals surface area contributed by atoms with Gasteiger partial charge < -0.3 is 14.7 Å². The van der Waals surface area contributed by atoms with Gasteiger partial charge in [0.2, 0.25) is 0 Å². The van der Waals surface area contributed by atoms with Crippen LogP contribution in [0.5, 0.6) is 5.75 Å². The van der Waals surface area contributed by atoms with Crippen molar-refractivity contribution in [2.75, 3.05) is 46.4 Å². The summed E-state index contributed by atoms with van der Waals surface area (Å²) in [5, 5.41) is 9.32. The predicted molar refractivity (Wildman–Crippen MR) is 76.5 cm³/mol. The van der Waals surface area contributed by atoms with Crippen molar-refractivity contribution < 1.29 is 9.84 Å². The van der Waals surface area contributed by atoms with Gasteiger partial charge in [-0.2, -0.15) is 0 Å². The van der Waals surface area contributed by atoms with Crippen LogP contribution in [0.4, 0.5) is 0 Å². The molecule has 0 aliphatic carbocycles. The summed E-state index contributed by atoms with van der Waals surface area (Å²) in [6.07, 6.45) is 0. The Kier molecular flexibility index (Phi) is 5.19. The van der Waals surface area contributed by atoms with Crippen LogP contribution in [0.15, 0.2) is 18.2 Å². The summed E-state index contributed by atoms with van der Waals surface area (Å²) < 4.78 is 5.87. The first-order chi connectivity index (χ1) is 9.20. The SMILES string of the molecule is Cc1cccc(CO)c1OCCN1CCN(C)CC1. The molecule has 0 spiro atoms. The second kappa shape index (κ2) is 6.89. The molecule has 0 bridgehead atoms. The monoisotopic (exact) mass is 264 g/mol. The highest BCUT2D eigenvalue weighted by molar-refractivity contribution is 5.40. The molecule has 1 fully saturated rings. The van der Waals surface area contributed by atoms with Crippen LogP contribution in [0.25, 0.3) is 0 Å². The first kappa shape index (κ1) is 14.3. The van der Waals surface area contributed by atoms with Crippen LogP contribution in [0, 0.1) is 6.92 Å². The highest BCUT2D eigenvalue weighted by atomic mass is 16.5. The molecule has 1 aliphatic heterocycles. The molecule has 1 aromatic rings.